The predicted octanol–water partition coefficient (Wildman–Crippen LogP) is 2.71. The average molecular weight is 208 g/mol. The van der Waals surface area contributed by atoms with Crippen molar-refractivity contribution in [1.29, 1.82) is 0 Å². The van der Waals surface area contributed by atoms with E-state index in [0.29, 0.717) is 5.69 Å². The minimum Gasteiger partial charge on any atom is -0.383 e. The number of anilines is 2. The standard InChI is InChI=1S/C12H17FN2/c1-12(2)7-14-10-6-4-5-9(13)11(10)15(3)8-12/h4-6,14H,7-8H2,1-3H3. The molecule has 1 aromatic carbocycles. The first-order chi connectivity index (χ1) is 6.99. The van der Waals surface area contributed by atoms with E-state index in [4.69, 9.17) is 0 Å². The van der Waals surface area contributed by atoms with E-state index in [-0.39, 0.29) is 11.2 Å². The van der Waals surface area contributed by atoms with Crippen LogP contribution in [0.25, 0.3) is 0 Å². The first kappa shape index (κ1) is 10.3. The second-order valence-electron chi connectivity index (χ2n) is 5.01. The number of nitrogens with one attached hydrogen (secondary N) is 1. The van der Waals surface area contributed by atoms with E-state index in [1.165, 1.54) is 6.07 Å². The molecule has 2 nitrogen and oxygen atoms in total. The van der Waals surface area contributed by atoms with E-state index in [9.17, 15) is 4.39 Å². The van der Waals surface area contributed by atoms with Crippen LogP contribution in [0.5, 0.6) is 0 Å². The maximum atomic E-state index is 13.7. The monoisotopic (exact) mass is 208 g/mol. The zero-order valence-corrected chi connectivity index (χ0v) is 9.47. The van der Waals surface area contributed by atoms with Crippen molar-refractivity contribution in [3.05, 3.63) is 24.0 Å². The highest BCUT2D eigenvalue weighted by Crippen LogP contribution is 2.34. The number of para-hydroxylation sites is 1. The van der Waals surface area contributed by atoms with Gasteiger partial charge in [0.05, 0.1) is 11.4 Å². The summed E-state index contributed by atoms with van der Waals surface area (Å²) in [7, 11) is 1.94. The van der Waals surface area contributed by atoms with Gasteiger partial charge < -0.3 is 10.2 Å². The van der Waals surface area contributed by atoms with Crippen molar-refractivity contribution in [1.82, 2.24) is 0 Å². The number of hydrogen-bond acceptors (Lipinski definition) is 2. The van der Waals surface area contributed by atoms with Gasteiger partial charge in [-0.2, -0.15) is 0 Å². The van der Waals surface area contributed by atoms with Crippen LogP contribution >= 0.6 is 0 Å². The van der Waals surface area contributed by atoms with Crippen molar-refractivity contribution >= 4 is 11.4 Å². The first-order valence-corrected chi connectivity index (χ1v) is 5.23. The predicted molar refractivity (Wildman–Crippen MR) is 61.9 cm³/mol. The molecule has 0 unspecified atom stereocenters. The Morgan fingerprint density at radius 3 is 2.87 bits per heavy atom. The van der Waals surface area contributed by atoms with E-state index >= 15 is 0 Å². The highest BCUT2D eigenvalue weighted by atomic mass is 19.1. The molecule has 0 spiro atoms. The van der Waals surface area contributed by atoms with Crippen molar-refractivity contribution in [2.24, 2.45) is 5.41 Å². The fraction of sp³-hybridized carbons (Fsp3) is 0.500. The molecule has 15 heavy (non-hydrogen) atoms. The average Bonchev–Trinajstić information content (AvgIpc) is 2.24. The van der Waals surface area contributed by atoms with Crippen LogP contribution in [-0.2, 0) is 0 Å². The van der Waals surface area contributed by atoms with Gasteiger partial charge in [0.25, 0.3) is 0 Å². The van der Waals surface area contributed by atoms with Crippen LogP contribution in [0.3, 0.4) is 0 Å². The molecule has 3 heteroatoms. The Balaban J connectivity index is 2.44. The highest BCUT2D eigenvalue weighted by Gasteiger charge is 2.26. The molecule has 1 aliphatic heterocycles. The van der Waals surface area contributed by atoms with Gasteiger partial charge in [-0.15, -0.1) is 0 Å². The molecule has 1 heterocycles. The molecule has 2 rings (SSSR count). The second kappa shape index (κ2) is 3.40. The van der Waals surface area contributed by atoms with Gasteiger partial charge in [-0.1, -0.05) is 19.9 Å². The zero-order chi connectivity index (χ0) is 11.1. The maximum Gasteiger partial charge on any atom is 0.148 e. The molecule has 0 radical (unpaired) electrons. The number of hydrogen-bond donors (Lipinski definition) is 1. The fourth-order valence-corrected chi connectivity index (χ4v) is 2.16. The fourth-order valence-electron chi connectivity index (χ4n) is 2.16. The van der Waals surface area contributed by atoms with Crippen LogP contribution in [0.2, 0.25) is 0 Å². The van der Waals surface area contributed by atoms with Crippen molar-refractivity contribution in [3.8, 4) is 0 Å². The number of halogens is 1. The van der Waals surface area contributed by atoms with Gasteiger partial charge in [0.15, 0.2) is 0 Å². The molecule has 0 saturated carbocycles. The number of rotatable bonds is 0. The lowest BCUT2D eigenvalue weighted by Crippen LogP contribution is -2.33. The molecule has 0 aromatic heterocycles. The normalized spacial score (nSPS) is 19.1. The summed E-state index contributed by atoms with van der Waals surface area (Å²) in [5.74, 6) is -0.153. The quantitative estimate of drug-likeness (QED) is 0.705. The summed E-state index contributed by atoms with van der Waals surface area (Å²) in [6.07, 6.45) is 0. The van der Waals surface area contributed by atoms with E-state index in [1.54, 1.807) is 6.07 Å². The first-order valence-electron chi connectivity index (χ1n) is 5.23. The van der Waals surface area contributed by atoms with Gasteiger partial charge in [0, 0.05) is 20.1 Å². The van der Waals surface area contributed by atoms with Crippen molar-refractivity contribution in [3.63, 3.8) is 0 Å². The third-order valence-electron chi connectivity index (χ3n) is 2.79. The van der Waals surface area contributed by atoms with Crippen LogP contribution in [0, 0.1) is 11.2 Å². The Bertz CT molecular complexity index is 374. The Hall–Kier alpha value is -1.25. The van der Waals surface area contributed by atoms with Crippen LogP contribution < -0.4 is 10.2 Å². The van der Waals surface area contributed by atoms with Crippen molar-refractivity contribution in [2.45, 2.75) is 13.8 Å². The molecule has 0 bridgehead atoms. The van der Waals surface area contributed by atoms with Crippen LogP contribution in [0.4, 0.5) is 15.8 Å². The summed E-state index contributed by atoms with van der Waals surface area (Å²) in [6, 6.07) is 5.18. The Morgan fingerprint density at radius 1 is 1.40 bits per heavy atom. The van der Waals surface area contributed by atoms with E-state index in [2.05, 4.69) is 19.2 Å². The smallest absolute Gasteiger partial charge is 0.148 e. The third-order valence-corrected chi connectivity index (χ3v) is 2.79. The Morgan fingerprint density at radius 2 is 2.13 bits per heavy atom. The van der Waals surface area contributed by atoms with E-state index in [1.807, 2.05) is 18.0 Å². The summed E-state index contributed by atoms with van der Waals surface area (Å²) in [5.41, 5.74) is 1.73. The van der Waals surface area contributed by atoms with Gasteiger partial charge >= 0.3 is 0 Å². The highest BCUT2D eigenvalue weighted by molar-refractivity contribution is 5.71. The summed E-state index contributed by atoms with van der Waals surface area (Å²) in [5, 5.41) is 3.30. The number of nitrogens with zero attached hydrogens (tertiary/aromatic N) is 1. The largest absolute Gasteiger partial charge is 0.383 e. The lowest BCUT2D eigenvalue weighted by atomic mass is 9.93. The summed E-state index contributed by atoms with van der Waals surface area (Å²) < 4.78 is 13.7. The van der Waals surface area contributed by atoms with Gasteiger partial charge in [-0.25, -0.2) is 4.39 Å². The van der Waals surface area contributed by atoms with E-state index in [0.717, 1.165) is 18.8 Å². The van der Waals surface area contributed by atoms with Crippen molar-refractivity contribution < 1.29 is 4.39 Å². The maximum absolute atomic E-state index is 13.7. The molecule has 0 saturated heterocycles. The van der Waals surface area contributed by atoms with Crippen LogP contribution in [0.1, 0.15) is 13.8 Å². The molecule has 1 N–H and O–H groups in total. The minimum absolute atomic E-state index is 0.153. The topological polar surface area (TPSA) is 15.3 Å². The number of benzene rings is 1. The molecular weight excluding hydrogens is 191 g/mol. The lowest BCUT2D eigenvalue weighted by molar-refractivity contribution is 0.402. The number of fused-ring (bicyclic) bond motifs is 1. The summed E-state index contributed by atoms with van der Waals surface area (Å²) in [6.45, 7) is 6.09. The molecule has 82 valence electrons. The Kier molecular flexibility index (Phi) is 2.33. The van der Waals surface area contributed by atoms with Crippen molar-refractivity contribution in [2.75, 3.05) is 30.4 Å². The zero-order valence-electron chi connectivity index (χ0n) is 9.47. The lowest BCUT2D eigenvalue weighted by Gasteiger charge is -2.27. The molecular formula is C12H17FN2. The molecule has 0 atom stereocenters. The van der Waals surface area contributed by atoms with Crippen LogP contribution in [0.15, 0.2) is 18.2 Å². The molecule has 0 amide bonds. The molecule has 0 aliphatic carbocycles. The Labute approximate surface area is 90.1 Å². The molecule has 1 aromatic rings. The molecule has 0 fully saturated rings. The van der Waals surface area contributed by atoms with Gasteiger partial charge in [-0.3, -0.25) is 0 Å². The third kappa shape index (κ3) is 1.91. The minimum atomic E-state index is -0.153. The second-order valence-corrected chi connectivity index (χ2v) is 5.01. The summed E-state index contributed by atoms with van der Waals surface area (Å²) in [4.78, 5) is 1.99. The van der Waals surface area contributed by atoms with Gasteiger partial charge in [0.1, 0.15) is 5.82 Å². The van der Waals surface area contributed by atoms with Gasteiger partial charge in [-0.05, 0) is 17.5 Å². The van der Waals surface area contributed by atoms with Crippen LogP contribution in [-0.4, -0.2) is 20.1 Å². The molecule has 1 aliphatic rings. The SMILES string of the molecule is CN1CC(C)(C)CNc2cccc(F)c21. The summed E-state index contributed by atoms with van der Waals surface area (Å²) >= 11 is 0. The van der Waals surface area contributed by atoms with Gasteiger partial charge in [0.2, 0.25) is 0 Å². The van der Waals surface area contributed by atoms with E-state index < -0.39 is 0 Å².